The van der Waals surface area contributed by atoms with Gasteiger partial charge in [-0.1, -0.05) is 66.1 Å². The van der Waals surface area contributed by atoms with Crippen LogP contribution in [-0.2, 0) is 50.7 Å². The van der Waals surface area contributed by atoms with Gasteiger partial charge in [-0.15, -0.1) is 0 Å². The maximum Gasteiger partial charge on any atom is 0.481 e. The number of aliphatic hydroxyl groups is 5. The molecule has 31 heteroatoms. The highest BCUT2D eigenvalue weighted by atomic mass is 32.2. The fourth-order valence-electron chi connectivity index (χ4n) is 13.6. The number of rotatable bonds is 25. The highest BCUT2D eigenvalue weighted by molar-refractivity contribution is 8.13. The molecule has 4 saturated carbocycles. The van der Waals surface area contributed by atoms with Gasteiger partial charge in [0.25, 0.3) is 0 Å². The van der Waals surface area contributed by atoms with E-state index in [2.05, 4.69) is 55.2 Å². The summed E-state index contributed by atoms with van der Waals surface area (Å²) in [5, 5.41) is 60.8. The van der Waals surface area contributed by atoms with Gasteiger partial charge < -0.3 is 66.2 Å². The lowest BCUT2D eigenvalue weighted by Gasteiger charge is -2.63. The van der Waals surface area contributed by atoms with Crippen molar-refractivity contribution in [2.24, 2.45) is 57.7 Å². The SMILES string of the molecule is CC(CCC[C@@H](C)[C@H]1CC[C@H]2[C@@H]3[C@H](O)C[C@@H]4C[C@H](O)CC[C@]4(C)[C@H]3C[C@H](O)[C@]12C)C(=O)SCCNC(=O)CCNC(=O)C(O)C(C)(C)COP(=O)(O)OP(=O)(O)OC[C@H]1O[C@@H](n2cnc3c(N)ncnc32)[C@H](O)[C@@H]1OP(=O)(O)O. The molecule has 2 amide bonds. The van der Waals surface area contributed by atoms with Crippen molar-refractivity contribution in [1.29, 1.82) is 0 Å². The molecule has 2 aromatic heterocycles. The largest absolute Gasteiger partial charge is 0.481 e. The number of carbonyl (C=O) groups is 3. The van der Waals surface area contributed by atoms with Crippen molar-refractivity contribution in [3.63, 3.8) is 0 Å². The molecule has 79 heavy (non-hydrogen) atoms. The average molecular weight is 1200 g/mol. The molecular weight excluding hydrogens is 1120 g/mol. The number of hydrogen-bond donors (Lipinski definition) is 12. The molecule has 0 spiro atoms. The Morgan fingerprint density at radius 1 is 0.937 bits per heavy atom. The summed E-state index contributed by atoms with van der Waals surface area (Å²) in [6, 6.07) is 0. The topological polar surface area (TPSA) is 424 Å². The van der Waals surface area contributed by atoms with Crippen LogP contribution >= 0.6 is 35.2 Å². The zero-order valence-corrected chi connectivity index (χ0v) is 48.8. The Labute approximate surface area is 462 Å². The summed E-state index contributed by atoms with van der Waals surface area (Å²) < 4.78 is 62.8. The van der Waals surface area contributed by atoms with E-state index in [1.165, 1.54) is 13.8 Å². The number of ether oxygens (including phenoxy) is 1. The minimum absolute atomic E-state index is 0.00814. The third-order valence-electron chi connectivity index (χ3n) is 18.0. The lowest BCUT2D eigenvalue weighted by molar-refractivity contribution is -0.207. The quantitative estimate of drug-likeness (QED) is 0.0502. The lowest BCUT2D eigenvalue weighted by Crippen LogP contribution is -2.62. The summed E-state index contributed by atoms with van der Waals surface area (Å²) in [4.78, 5) is 89.9. The van der Waals surface area contributed by atoms with E-state index in [1.54, 1.807) is 0 Å². The minimum atomic E-state index is -5.60. The number of nitrogen functional groups attached to an aromatic ring is 1. The molecule has 1 aliphatic heterocycles. The molecule has 0 radical (unpaired) electrons. The van der Waals surface area contributed by atoms with Crippen molar-refractivity contribution >= 4 is 69.1 Å². The molecule has 4 unspecified atom stereocenters. The normalized spacial score (nSPS) is 34.6. The van der Waals surface area contributed by atoms with E-state index in [1.807, 2.05) is 6.92 Å². The Morgan fingerprint density at radius 2 is 1.65 bits per heavy atom. The van der Waals surface area contributed by atoms with Crippen LogP contribution in [0.5, 0.6) is 0 Å². The van der Waals surface area contributed by atoms with E-state index < -0.39 is 96.8 Å². The minimum Gasteiger partial charge on any atom is -0.393 e. The fraction of sp³-hybridized carbons (Fsp3) is 0.833. The first-order valence-corrected chi connectivity index (χ1v) is 32.4. The van der Waals surface area contributed by atoms with Crippen molar-refractivity contribution in [1.82, 2.24) is 30.2 Å². The smallest absolute Gasteiger partial charge is 0.393 e. The number of thioether (sulfide) groups is 1. The van der Waals surface area contributed by atoms with Gasteiger partial charge >= 0.3 is 23.5 Å². The van der Waals surface area contributed by atoms with Crippen LogP contribution in [0.1, 0.15) is 118 Å². The first-order chi connectivity index (χ1) is 36.8. The van der Waals surface area contributed by atoms with Gasteiger partial charge in [0.1, 0.15) is 36.3 Å². The summed E-state index contributed by atoms with van der Waals surface area (Å²) in [6.07, 6.45) is 0.0812. The number of hydrogen-bond acceptors (Lipinski definition) is 21. The van der Waals surface area contributed by atoms with Gasteiger partial charge in [-0.3, -0.25) is 32.5 Å². The van der Waals surface area contributed by atoms with Crippen LogP contribution in [0, 0.1) is 57.7 Å². The number of phosphoric ester groups is 3. The summed E-state index contributed by atoms with van der Waals surface area (Å²) >= 11 is 1.12. The van der Waals surface area contributed by atoms with Gasteiger partial charge in [0, 0.05) is 36.6 Å². The Bertz CT molecular complexity index is 2640. The number of fused-ring (bicyclic) bond motifs is 6. The monoisotopic (exact) mass is 1200 g/mol. The van der Waals surface area contributed by atoms with Crippen LogP contribution in [0.15, 0.2) is 12.7 Å². The zero-order valence-electron chi connectivity index (χ0n) is 45.3. The van der Waals surface area contributed by atoms with Crippen molar-refractivity contribution in [2.45, 2.75) is 161 Å². The molecule has 5 fully saturated rings. The molecule has 27 nitrogen and oxygen atoms in total. The summed E-state index contributed by atoms with van der Waals surface area (Å²) in [5.41, 5.74) is 3.98. The number of amides is 2. The van der Waals surface area contributed by atoms with Gasteiger partial charge in [0.15, 0.2) is 22.8 Å². The Hall–Kier alpha value is -2.56. The van der Waals surface area contributed by atoms with E-state index >= 15 is 0 Å². The van der Waals surface area contributed by atoms with Crippen molar-refractivity contribution in [3.05, 3.63) is 12.7 Å². The molecular formula is C48H80N7O20P3S. The van der Waals surface area contributed by atoms with Gasteiger partial charge in [-0.25, -0.2) is 28.6 Å². The van der Waals surface area contributed by atoms with E-state index in [4.69, 9.17) is 19.5 Å². The summed E-state index contributed by atoms with van der Waals surface area (Å²) in [5.74, 6) is 0.168. The second-order valence-electron chi connectivity index (χ2n) is 23.6. The molecule has 13 N–H and O–H groups in total. The third-order valence-corrected chi connectivity index (χ3v) is 22.2. The molecule has 2 aromatic rings. The highest BCUT2D eigenvalue weighted by Gasteiger charge is 2.66. The number of nitrogens with zero attached hydrogens (tertiary/aromatic N) is 4. The number of phosphoric acid groups is 3. The van der Waals surface area contributed by atoms with E-state index in [9.17, 15) is 73.2 Å². The molecule has 448 valence electrons. The van der Waals surface area contributed by atoms with Crippen LogP contribution in [0.25, 0.3) is 11.2 Å². The van der Waals surface area contributed by atoms with E-state index in [0.717, 1.165) is 80.4 Å². The molecule has 3 heterocycles. The molecule has 19 atom stereocenters. The molecule has 0 bridgehead atoms. The lowest BCUT2D eigenvalue weighted by atomic mass is 9.43. The van der Waals surface area contributed by atoms with Gasteiger partial charge in [0.2, 0.25) is 11.8 Å². The van der Waals surface area contributed by atoms with E-state index in [0.29, 0.717) is 30.4 Å². The summed E-state index contributed by atoms with van der Waals surface area (Å²) in [7, 11) is -16.5. The number of anilines is 1. The van der Waals surface area contributed by atoms with Crippen LogP contribution in [-0.4, -0.2) is 156 Å². The number of nitrogens with one attached hydrogen (secondary N) is 2. The molecule has 0 aromatic carbocycles. The highest BCUT2D eigenvalue weighted by Crippen LogP contribution is 2.69. The van der Waals surface area contributed by atoms with Crippen LogP contribution in [0.2, 0.25) is 0 Å². The first kappa shape index (κ1) is 64.0. The van der Waals surface area contributed by atoms with Crippen molar-refractivity contribution < 1.29 is 95.8 Å². The predicted octanol–water partition coefficient (Wildman–Crippen LogP) is 3.07. The molecule has 1 saturated heterocycles. The summed E-state index contributed by atoms with van der Waals surface area (Å²) in [6.45, 7) is 9.17. The maximum atomic E-state index is 13.1. The third kappa shape index (κ3) is 14.7. The molecule has 4 aliphatic carbocycles. The Balaban J connectivity index is 0.770. The predicted molar refractivity (Wildman–Crippen MR) is 283 cm³/mol. The number of imidazole rings is 1. The maximum absolute atomic E-state index is 13.1. The first-order valence-electron chi connectivity index (χ1n) is 26.9. The van der Waals surface area contributed by atoms with Crippen LogP contribution < -0.4 is 16.4 Å². The zero-order chi connectivity index (χ0) is 58.2. The van der Waals surface area contributed by atoms with Crippen LogP contribution in [0.3, 0.4) is 0 Å². The fourth-order valence-corrected chi connectivity index (χ4v) is 17.3. The van der Waals surface area contributed by atoms with Gasteiger partial charge in [0.05, 0.1) is 37.9 Å². The Kier molecular flexibility index (Phi) is 20.5. The van der Waals surface area contributed by atoms with E-state index in [-0.39, 0.29) is 88.1 Å². The second-order valence-corrected chi connectivity index (χ2v) is 28.9. The number of aliphatic hydroxyl groups excluding tert-OH is 5. The van der Waals surface area contributed by atoms with Gasteiger partial charge in [-0.05, 0) is 97.7 Å². The van der Waals surface area contributed by atoms with Crippen molar-refractivity contribution in [3.8, 4) is 0 Å². The number of nitrogens with two attached hydrogens (primary N) is 1. The molecule has 7 rings (SSSR count). The number of aromatic nitrogens is 4. The molecule has 5 aliphatic rings. The standard InChI is InChI=1S/C48H80N7O20P3S/c1-25(29-10-11-30-36-31(20-34(58)48(29,30)6)47(5)14-12-28(56)18-27(47)19-32(36)57)8-7-9-26(2)45(63)79-17-16-50-35(59)13-15-51-43(62)40(61)46(3,4)22-72-78(69,70)75-77(67,68)71-21-33-39(74-76(64,65)66)38(60)44(73-33)55-24-54-37-41(49)52-23-53-42(37)55/h23-34,36,38-40,44,56-58,60-61H,7-22H2,1-6H3,(H,50,59)(H,51,62)(H,67,68)(H,69,70)(H2,49,52,53)(H2,64,65,66)/t25-,26?,27+,28-,29-,30+,31+,32-,33-,34+,36+,38-,39-,40?,44-,47+,48-/m1/s1. The van der Waals surface area contributed by atoms with Crippen LogP contribution in [0.4, 0.5) is 5.82 Å². The Morgan fingerprint density at radius 3 is 2.35 bits per heavy atom. The van der Waals surface area contributed by atoms with Crippen molar-refractivity contribution in [2.75, 3.05) is 37.8 Å². The average Bonchev–Trinajstić information content (AvgIpc) is 3.87. The number of carbonyl (C=O) groups excluding carboxylic acids is 3. The van der Waals surface area contributed by atoms with Gasteiger partial charge in [-0.2, -0.15) is 4.31 Å². The second kappa shape index (κ2) is 25.3.